The maximum Gasteiger partial charge on any atom is 0.286 e. The van der Waals surface area contributed by atoms with E-state index in [2.05, 4.69) is 0 Å². The maximum absolute atomic E-state index is 13.1. The minimum atomic E-state index is -0.583. The summed E-state index contributed by atoms with van der Waals surface area (Å²) in [6.07, 6.45) is 0. The number of nitrogens with two attached hydrogens (primary N) is 1. The fraction of sp³-hybridized carbons (Fsp3) is 0.350. The van der Waals surface area contributed by atoms with Gasteiger partial charge in [-0.15, -0.1) is 0 Å². The molecule has 28 heavy (non-hydrogen) atoms. The van der Waals surface area contributed by atoms with Crippen LogP contribution in [-0.4, -0.2) is 48.6 Å². The van der Waals surface area contributed by atoms with Crippen molar-refractivity contribution < 1.29 is 19.2 Å². The molecule has 8 nitrogen and oxygen atoms in total. The lowest BCUT2D eigenvalue weighted by Gasteiger charge is -2.18. The van der Waals surface area contributed by atoms with Crippen molar-refractivity contribution in [3.05, 3.63) is 63.7 Å². The number of benzene rings is 2. The number of nitro benzene ring substituents is 1. The summed E-state index contributed by atoms with van der Waals surface area (Å²) in [6.45, 7) is 2.81. The molecule has 1 fully saturated rings. The summed E-state index contributed by atoms with van der Waals surface area (Å²) in [5.41, 5.74) is 6.96. The summed E-state index contributed by atoms with van der Waals surface area (Å²) in [6, 6.07) is 12.1. The highest BCUT2D eigenvalue weighted by atomic mass is 16.6. The fourth-order valence-electron chi connectivity index (χ4n) is 3.52. The summed E-state index contributed by atoms with van der Waals surface area (Å²) in [4.78, 5) is 25.6. The van der Waals surface area contributed by atoms with Crippen LogP contribution in [0, 0.1) is 10.1 Å². The van der Waals surface area contributed by atoms with Gasteiger partial charge in [-0.2, -0.15) is 0 Å². The van der Waals surface area contributed by atoms with Crippen LogP contribution in [-0.2, 0) is 0 Å². The Balaban J connectivity index is 1.92. The van der Waals surface area contributed by atoms with Crippen molar-refractivity contribution in [2.24, 2.45) is 5.73 Å². The van der Waals surface area contributed by atoms with Gasteiger partial charge in [0.25, 0.3) is 11.6 Å². The normalized spacial score (nSPS) is 18.8. The van der Waals surface area contributed by atoms with E-state index in [1.165, 1.54) is 19.2 Å². The molecule has 0 radical (unpaired) electrons. The summed E-state index contributed by atoms with van der Waals surface area (Å²) in [5, 5.41) is 11.6. The van der Waals surface area contributed by atoms with Gasteiger partial charge in [-0.05, 0) is 12.5 Å². The van der Waals surface area contributed by atoms with E-state index in [-0.39, 0.29) is 34.7 Å². The molecule has 2 aromatic rings. The number of rotatable bonds is 6. The predicted octanol–water partition coefficient (Wildman–Crippen LogP) is 2.57. The van der Waals surface area contributed by atoms with Gasteiger partial charge in [0.1, 0.15) is 5.56 Å². The average Bonchev–Trinajstić information content (AvgIpc) is 3.09. The molecule has 2 atom stereocenters. The van der Waals surface area contributed by atoms with Gasteiger partial charge in [0, 0.05) is 31.1 Å². The first-order valence-electron chi connectivity index (χ1n) is 9.05. The smallest absolute Gasteiger partial charge is 0.286 e. The van der Waals surface area contributed by atoms with Crippen LogP contribution in [0.15, 0.2) is 42.5 Å². The van der Waals surface area contributed by atoms with E-state index in [1.54, 1.807) is 11.8 Å². The molecule has 0 saturated carbocycles. The number of likely N-dealkylation sites (tertiary alicyclic amines) is 1. The summed E-state index contributed by atoms with van der Waals surface area (Å²) >= 11 is 0. The SMILES string of the molecule is CCOc1cc([N+](=O)[O-])c(C(=O)N2C[C@@H](N)[C@H](c3ccccc3)C2)cc1OC. The first-order valence-corrected chi connectivity index (χ1v) is 9.05. The van der Waals surface area contributed by atoms with Gasteiger partial charge >= 0.3 is 0 Å². The average molecular weight is 385 g/mol. The zero-order valence-corrected chi connectivity index (χ0v) is 15.8. The molecular formula is C20H23N3O5. The Morgan fingerprint density at radius 3 is 2.57 bits per heavy atom. The third kappa shape index (κ3) is 3.77. The standard InChI is InChI=1S/C20H23N3O5/c1-3-28-19-10-17(23(25)26)14(9-18(19)27-2)20(24)22-11-15(16(21)12-22)13-7-5-4-6-8-13/h4-10,15-16H,3,11-12,21H2,1-2H3/t15-,16+/m0/s1. The Bertz CT molecular complexity index is 872. The zero-order valence-electron chi connectivity index (χ0n) is 15.8. The molecule has 0 spiro atoms. The van der Waals surface area contributed by atoms with Crippen LogP contribution in [0.1, 0.15) is 28.8 Å². The molecule has 0 aliphatic carbocycles. The highest BCUT2D eigenvalue weighted by Crippen LogP contribution is 2.36. The van der Waals surface area contributed by atoms with E-state index in [1.807, 2.05) is 30.3 Å². The van der Waals surface area contributed by atoms with E-state index < -0.39 is 10.8 Å². The lowest BCUT2D eigenvalue weighted by molar-refractivity contribution is -0.385. The van der Waals surface area contributed by atoms with Gasteiger partial charge in [-0.1, -0.05) is 30.3 Å². The predicted molar refractivity (Wildman–Crippen MR) is 104 cm³/mol. The van der Waals surface area contributed by atoms with Crippen LogP contribution in [0.3, 0.4) is 0 Å². The number of hydrogen-bond acceptors (Lipinski definition) is 6. The van der Waals surface area contributed by atoms with Gasteiger partial charge < -0.3 is 20.1 Å². The van der Waals surface area contributed by atoms with Gasteiger partial charge in [0.05, 0.1) is 24.7 Å². The molecule has 2 N–H and O–H groups in total. The second kappa shape index (κ2) is 8.26. The summed E-state index contributed by atoms with van der Waals surface area (Å²) in [5.74, 6) is 0.0446. The van der Waals surface area contributed by atoms with Crippen LogP contribution in [0.5, 0.6) is 11.5 Å². The highest BCUT2D eigenvalue weighted by Gasteiger charge is 2.37. The number of nitrogens with zero attached hydrogens (tertiary/aromatic N) is 2. The first kappa shape index (κ1) is 19.6. The van der Waals surface area contributed by atoms with Crippen molar-refractivity contribution in [2.75, 3.05) is 26.8 Å². The Labute approximate surface area is 163 Å². The van der Waals surface area contributed by atoms with Gasteiger partial charge in [0.15, 0.2) is 11.5 Å². The van der Waals surface area contributed by atoms with Crippen LogP contribution in [0.2, 0.25) is 0 Å². The van der Waals surface area contributed by atoms with Crippen LogP contribution in [0.25, 0.3) is 0 Å². The monoisotopic (exact) mass is 385 g/mol. The third-order valence-corrected chi connectivity index (χ3v) is 4.89. The second-order valence-electron chi connectivity index (χ2n) is 6.60. The Hall–Kier alpha value is -3.13. The van der Waals surface area contributed by atoms with Crippen LogP contribution >= 0.6 is 0 Å². The van der Waals surface area contributed by atoms with Crippen LogP contribution in [0.4, 0.5) is 5.69 Å². The van der Waals surface area contributed by atoms with E-state index in [0.717, 1.165) is 5.56 Å². The fourth-order valence-corrected chi connectivity index (χ4v) is 3.52. The van der Waals surface area contributed by atoms with Crippen molar-refractivity contribution in [1.82, 2.24) is 4.90 Å². The van der Waals surface area contributed by atoms with E-state index >= 15 is 0 Å². The van der Waals surface area contributed by atoms with Gasteiger partial charge in [-0.25, -0.2) is 0 Å². The van der Waals surface area contributed by atoms with E-state index in [9.17, 15) is 14.9 Å². The van der Waals surface area contributed by atoms with Crippen molar-refractivity contribution in [1.29, 1.82) is 0 Å². The molecule has 2 aromatic carbocycles. The number of methoxy groups -OCH3 is 1. The molecule has 1 aliphatic rings. The molecular weight excluding hydrogens is 362 g/mol. The quantitative estimate of drug-likeness (QED) is 0.605. The molecule has 3 rings (SSSR count). The zero-order chi connectivity index (χ0) is 20.3. The number of nitro groups is 1. The first-order chi connectivity index (χ1) is 13.5. The van der Waals surface area contributed by atoms with Crippen molar-refractivity contribution >= 4 is 11.6 Å². The molecule has 1 aliphatic heterocycles. The highest BCUT2D eigenvalue weighted by molar-refractivity contribution is 5.99. The van der Waals surface area contributed by atoms with E-state index in [0.29, 0.717) is 19.7 Å². The molecule has 1 saturated heterocycles. The number of carbonyl (C=O) groups is 1. The van der Waals surface area contributed by atoms with Crippen molar-refractivity contribution in [3.63, 3.8) is 0 Å². The minimum absolute atomic E-state index is 0.0196. The van der Waals surface area contributed by atoms with Crippen molar-refractivity contribution in [2.45, 2.75) is 18.9 Å². The Morgan fingerprint density at radius 1 is 1.25 bits per heavy atom. The molecule has 1 heterocycles. The molecule has 0 unspecified atom stereocenters. The van der Waals surface area contributed by atoms with Gasteiger partial charge in [0.2, 0.25) is 0 Å². The lowest BCUT2D eigenvalue weighted by Crippen LogP contribution is -2.32. The Morgan fingerprint density at radius 2 is 1.96 bits per heavy atom. The topological polar surface area (TPSA) is 108 Å². The van der Waals surface area contributed by atoms with E-state index in [4.69, 9.17) is 15.2 Å². The minimum Gasteiger partial charge on any atom is -0.493 e. The summed E-state index contributed by atoms with van der Waals surface area (Å²) < 4.78 is 10.7. The number of ether oxygens (including phenoxy) is 2. The van der Waals surface area contributed by atoms with Crippen LogP contribution < -0.4 is 15.2 Å². The largest absolute Gasteiger partial charge is 0.493 e. The molecule has 0 bridgehead atoms. The molecule has 8 heteroatoms. The Kier molecular flexibility index (Phi) is 5.79. The number of hydrogen-bond donors (Lipinski definition) is 1. The molecule has 0 aromatic heterocycles. The molecule has 1 amide bonds. The maximum atomic E-state index is 13.1. The lowest BCUT2D eigenvalue weighted by atomic mass is 9.95. The van der Waals surface area contributed by atoms with Crippen molar-refractivity contribution in [3.8, 4) is 11.5 Å². The number of amides is 1. The summed E-state index contributed by atoms with van der Waals surface area (Å²) in [7, 11) is 1.43. The number of carbonyl (C=O) groups excluding carboxylic acids is 1. The second-order valence-corrected chi connectivity index (χ2v) is 6.60. The molecule has 148 valence electrons. The third-order valence-electron chi connectivity index (χ3n) is 4.89. The van der Waals surface area contributed by atoms with Gasteiger partial charge in [-0.3, -0.25) is 14.9 Å².